The number of nitrogens with zero attached hydrogens (tertiary/aromatic N) is 3. The Morgan fingerprint density at radius 2 is 1.81 bits per heavy atom. The summed E-state index contributed by atoms with van der Waals surface area (Å²) in [5.41, 5.74) is 2.83. The molecular weight excluding hydrogens is 443 g/mol. The van der Waals surface area contributed by atoms with E-state index in [0.29, 0.717) is 5.92 Å². The summed E-state index contributed by atoms with van der Waals surface area (Å²) >= 11 is 0. The van der Waals surface area contributed by atoms with Gasteiger partial charge >= 0.3 is 0 Å². The Kier molecular flexibility index (Phi) is 13.0. The second kappa shape index (κ2) is 14.6. The first-order chi connectivity index (χ1) is 14.5. The van der Waals surface area contributed by atoms with Crippen LogP contribution in [0, 0.1) is 23.2 Å². The lowest BCUT2D eigenvalue weighted by atomic mass is 9.84. The third-order valence-electron chi connectivity index (χ3n) is 6.60. The molecular formula is C25H40Cl2N4O. The van der Waals surface area contributed by atoms with Gasteiger partial charge in [-0.25, -0.2) is 0 Å². The Balaban J connectivity index is 0.00000256. The van der Waals surface area contributed by atoms with Crippen molar-refractivity contribution in [1.29, 1.82) is 5.26 Å². The van der Waals surface area contributed by atoms with Gasteiger partial charge in [0.15, 0.2) is 0 Å². The average Bonchev–Trinajstić information content (AvgIpc) is 2.73. The van der Waals surface area contributed by atoms with Gasteiger partial charge in [0.05, 0.1) is 6.07 Å². The van der Waals surface area contributed by atoms with Crippen molar-refractivity contribution >= 4 is 36.4 Å². The Morgan fingerprint density at radius 3 is 2.44 bits per heavy atom. The van der Waals surface area contributed by atoms with Crippen LogP contribution in [0.4, 0.5) is 5.69 Å². The minimum absolute atomic E-state index is 0. The number of hydrogen-bond acceptors (Lipinski definition) is 4. The molecule has 1 heterocycles. The number of nitrogens with one attached hydrogen (secondary N) is 1. The first kappa shape index (κ1) is 28.6. The minimum Gasteiger partial charge on any atom is -0.369 e. The molecule has 1 aliphatic heterocycles. The van der Waals surface area contributed by atoms with E-state index in [2.05, 4.69) is 53.2 Å². The zero-order chi connectivity index (χ0) is 21.3. The lowest BCUT2D eigenvalue weighted by Crippen LogP contribution is -2.47. The molecule has 1 N–H and O–H groups in total. The van der Waals surface area contributed by atoms with E-state index < -0.39 is 0 Å². The lowest BCUT2D eigenvalue weighted by molar-refractivity contribution is -0.121. The highest BCUT2D eigenvalue weighted by Gasteiger charge is 2.24. The molecule has 2 aliphatic rings. The quantitative estimate of drug-likeness (QED) is 0.576. The number of carbonyl (C=O) groups excluding carboxylic acids is 1. The predicted molar refractivity (Wildman–Crippen MR) is 137 cm³/mol. The van der Waals surface area contributed by atoms with E-state index >= 15 is 0 Å². The van der Waals surface area contributed by atoms with Crippen molar-refractivity contribution in [2.45, 2.75) is 64.8 Å². The van der Waals surface area contributed by atoms with E-state index in [-0.39, 0.29) is 43.2 Å². The van der Waals surface area contributed by atoms with Crippen molar-refractivity contribution < 1.29 is 4.79 Å². The van der Waals surface area contributed by atoms with Crippen molar-refractivity contribution in [3.05, 3.63) is 29.8 Å². The van der Waals surface area contributed by atoms with Gasteiger partial charge in [0.2, 0.25) is 5.91 Å². The molecule has 2 fully saturated rings. The molecule has 5 nitrogen and oxygen atoms in total. The normalized spacial score (nSPS) is 21.2. The summed E-state index contributed by atoms with van der Waals surface area (Å²) < 4.78 is 0. The molecule has 1 amide bonds. The number of carbonyl (C=O) groups is 1. The molecule has 0 bridgehead atoms. The summed E-state index contributed by atoms with van der Waals surface area (Å²) in [5.74, 6) is 1.36. The molecule has 180 valence electrons. The Labute approximate surface area is 206 Å². The van der Waals surface area contributed by atoms with E-state index in [1.54, 1.807) is 0 Å². The highest BCUT2D eigenvalue weighted by atomic mass is 35.5. The molecule has 0 radical (unpaired) electrons. The van der Waals surface area contributed by atoms with Crippen LogP contribution >= 0.6 is 24.8 Å². The van der Waals surface area contributed by atoms with Crippen molar-refractivity contribution in [2.24, 2.45) is 11.8 Å². The van der Waals surface area contributed by atoms with Gasteiger partial charge in [0.25, 0.3) is 0 Å². The van der Waals surface area contributed by atoms with Gasteiger partial charge < -0.3 is 10.2 Å². The fourth-order valence-electron chi connectivity index (χ4n) is 4.89. The second-order valence-electron chi connectivity index (χ2n) is 9.51. The van der Waals surface area contributed by atoms with Crippen LogP contribution in [-0.4, -0.2) is 49.6 Å². The van der Waals surface area contributed by atoms with Gasteiger partial charge in [0.1, 0.15) is 6.42 Å². The minimum atomic E-state index is -0.117. The molecule has 32 heavy (non-hydrogen) atoms. The van der Waals surface area contributed by atoms with Gasteiger partial charge in [-0.2, -0.15) is 5.26 Å². The van der Waals surface area contributed by atoms with Crippen molar-refractivity contribution in [2.75, 3.05) is 37.6 Å². The maximum Gasteiger partial charge on any atom is 0.234 e. The standard InChI is InChI=1S/C25H38N4O.2ClH/c1-20(2)18-22-4-3-5-24(19-22)29-16-14-28(15-17-29)13-11-21-6-8-23(9-7-21)27-25(30)10-12-26;;/h3-5,19-21,23H,6-11,13-18H2,1-2H3,(H,27,30);2*1H. The number of benzene rings is 1. The maximum atomic E-state index is 11.6. The van der Waals surface area contributed by atoms with Gasteiger partial charge in [-0.3, -0.25) is 9.69 Å². The first-order valence-corrected chi connectivity index (χ1v) is 11.8. The number of rotatable bonds is 8. The third kappa shape index (κ3) is 9.17. The number of hydrogen-bond donors (Lipinski definition) is 1. The van der Waals surface area contributed by atoms with Crippen LogP contribution < -0.4 is 10.2 Å². The zero-order valence-electron chi connectivity index (χ0n) is 19.6. The van der Waals surface area contributed by atoms with Crippen LogP contribution in [0.25, 0.3) is 0 Å². The third-order valence-corrected chi connectivity index (χ3v) is 6.60. The molecule has 1 saturated carbocycles. The van der Waals surface area contributed by atoms with Crippen molar-refractivity contribution in [1.82, 2.24) is 10.2 Å². The average molecular weight is 484 g/mol. The van der Waals surface area contributed by atoms with E-state index in [4.69, 9.17) is 5.26 Å². The smallest absolute Gasteiger partial charge is 0.234 e. The van der Waals surface area contributed by atoms with E-state index in [1.807, 2.05) is 6.07 Å². The molecule has 1 aliphatic carbocycles. The number of nitriles is 1. The van der Waals surface area contributed by atoms with E-state index in [1.165, 1.54) is 37.1 Å². The Bertz CT molecular complexity index is 721. The largest absolute Gasteiger partial charge is 0.369 e. The van der Waals surface area contributed by atoms with Crippen LogP contribution in [0.5, 0.6) is 0 Å². The highest BCUT2D eigenvalue weighted by molar-refractivity contribution is 5.85. The van der Waals surface area contributed by atoms with Gasteiger partial charge in [0, 0.05) is 37.9 Å². The Hall–Kier alpha value is -1.48. The van der Waals surface area contributed by atoms with Crippen molar-refractivity contribution in [3.63, 3.8) is 0 Å². The van der Waals surface area contributed by atoms with E-state index in [0.717, 1.165) is 51.4 Å². The topological polar surface area (TPSA) is 59.4 Å². The summed E-state index contributed by atoms with van der Waals surface area (Å²) in [6.45, 7) is 10.3. The van der Waals surface area contributed by atoms with Crippen LogP contribution in [-0.2, 0) is 11.2 Å². The summed E-state index contributed by atoms with van der Waals surface area (Å²) in [6.07, 6.45) is 6.90. The number of anilines is 1. The molecule has 1 aromatic carbocycles. The Morgan fingerprint density at radius 1 is 1.12 bits per heavy atom. The molecule has 1 saturated heterocycles. The first-order valence-electron chi connectivity index (χ1n) is 11.8. The summed E-state index contributed by atoms with van der Waals surface area (Å²) in [7, 11) is 0. The van der Waals surface area contributed by atoms with Crippen LogP contribution in [0.3, 0.4) is 0 Å². The molecule has 3 rings (SSSR count). The van der Waals surface area contributed by atoms with E-state index in [9.17, 15) is 4.79 Å². The molecule has 0 spiro atoms. The van der Waals surface area contributed by atoms with Gasteiger partial charge in [-0.1, -0.05) is 26.0 Å². The predicted octanol–water partition coefficient (Wildman–Crippen LogP) is 4.83. The zero-order valence-corrected chi connectivity index (χ0v) is 21.2. The fourth-order valence-corrected chi connectivity index (χ4v) is 4.89. The van der Waals surface area contributed by atoms with Gasteiger partial charge in [-0.15, -0.1) is 24.8 Å². The highest BCUT2D eigenvalue weighted by Crippen LogP contribution is 2.27. The number of halogens is 2. The summed E-state index contributed by atoms with van der Waals surface area (Å²) in [5, 5.41) is 11.6. The number of piperazine rings is 1. The summed E-state index contributed by atoms with van der Waals surface area (Å²) in [4.78, 5) is 16.7. The SMILES string of the molecule is CC(C)Cc1cccc(N2CCN(CCC3CCC(NC(=O)CC#N)CC3)CC2)c1.Cl.Cl. The van der Waals surface area contributed by atoms with Gasteiger partial charge in [-0.05, 0) is 74.6 Å². The number of amides is 1. The summed E-state index contributed by atoms with van der Waals surface area (Å²) in [6, 6.07) is 11.3. The fraction of sp³-hybridized carbons (Fsp3) is 0.680. The maximum absolute atomic E-state index is 11.6. The molecule has 0 aromatic heterocycles. The van der Waals surface area contributed by atoms with Crippen LogP contribution in [0.2, 0.25) is 0 Å². The monoisotopic (exact) mass is 482 g/mol. The van der Waals surface area contributed by atoms with Crippen molar-refractivity contribution in [3.8, 4) is 6.07 Å². The van der Waals surface area contributed by atoms with Crippen LogP contribution in [0.1, 0.15) is 57.9 Å². The van der Waals surface area contributed by atoms with Crippen LogP contribution in [0.15, 0.2) is 24.3 Å². The molecule has 0 unspecified atom stereocenters. The molecule has 7 heteroatoms. The lowest BCUT2D eigenvalue weighted by Gasteiger charge is -2.37. The second-order valence-corrected chi connectivity index (χ2v) is 9.51. The molecule has 1 aromatic rings. The molecule has 0 atom stereocenters.